The maximum absolute atomic E-state index is 6.75. The Morgan fingerprint density at radius 3 is 2.69 bits per heavy atom. The first-order valence-electron chi connectivity index (χ1n) is 14.1. The standard InChI is InChI=1S/C37H38N2/c1-25-11-5-6-12-27(25)19-21-36(38)39-34-15-8-7-13-30(34)32-24-29(18-20-35(32)39)28-17-16-26(2)31(23-28)33-14-9-10-22-37(33,3)4/h6-10,12-21,24,28H,1,5,11,22-23,38H2,2-4H3/b27-19-,36-21+. The van der Waals surface area contributed by atoms with Crippen molar-refractivity contribution in [3.05, 3.63) is 137 Å². The number of nitrogens with zero attached hydrogens (tertiary/aromatic N) is 1. The normalized spacial score (nSPS) is 22.4. The van der Waals surface area contributed by atoms with Crippen molar-refractivity contribution in [3.63, 3.8) is 0 Å². The summed E-state index contributed by atoms with van der Waals surface area (Å²) in [6.45, 7) is 11.2. The first-order chi connectivity index (χ1) is 18.8. The van der Waals surface area contributed by atoms with Gasteiger partial charge in [0.25, 0.3) is 0 Å². The summed E-state index contributed by atoms with van der Waals surface area (Å²) in [6, 6.07) is 15.5. The predicted octanol–water partition coefficient (Wildman–Crippen LogP) is 9.66. The van der Waals surface area contributed by atoms with Crippen LogP contribution >= 0.6 is 0 Å². The molecule has 1 unspecified atom stereocenters. The van der Waals surface area contributed by atoms with Gasteiger partial charge in [0, 0.05) is 16.7 Å². The number of hydrogen-bond acceptors (Lipinski definition) is 1. The largest absolute Gasteiger partial charge is 0.385 e. The van der Waals surface area contributed by atoms with Crippen LogP contribution in [0.5, 0.6) is 0 Å². The third-order valence-electron chi connectivity index (χ3n) is 8.70. The Bertz CT molecular complexity index is 1700. The van der Waals surface area contributed by atoms with E-state index in [0.29, 0.717) is 11.7 Å². The number of fused-ring (bicyclic) bond motifs is 3. The van der Waals surface area contributed by atoms with E-state index in [-0.39, 0.29) is 5.41 Å². The Hall–Kier alpha value is -4.04. The summed E-state index contributed by atoms with van der Waals surface area (Å²) in [5.74, 6) is 1.06. The van der Waals surface area contributed by atoms with Gasteiger partial charge in [-0.25, -0.2) is 0 Å². The van der Waals surface area contributed by atoms with Crippen molar-refractivity contribution < 1.29 is 0 Å². The van der Waals surface area contributed by atoms with E-state index in [4.69, 9.17) is 5.73 Å². The summed E-state index contributed by atoms with van der Waals surface area (Å²) in [4.78, 5) is 0. The molecule has 2 nitrogen and oxygen atoms in total. The predicted molar refractivity (Wildman–Crippen MR) is 168 cm³/mol. The smallest absolute Gasteiger partial charge is 0.108 e. The fraction of sp³-hybridized carbons (Fsp3) is 0.243. The molecule has 0 aliphatic heterocycles. The molecule has 0 fully saturated rings. The molecular formula is C37H38N2. The molecule has 0 saturated carbocycles. The lowest BCUT2D eigenvalue weighted by molar-refractivity contribution is 0.449. The van der Waals surface area contributed by atoms with Crippen molar-refractivity contribution in [2.24, 2.45) is 11.1 Å². The zero-order chi connectivity index (χ0) is 27.1. The molecule has 3 aliphatic carbocycles. The molecule has 0 radical (unpaired) electrons. The highest BCUT2D eigenvalue weighted by molar-refractivity contribution is 6.10. The van der Waals surface area contributed by atoms with Crippen molar-refractivity contribution in [1.82, 2.24) is 4.57 Å². The van der Waals surface area contributed by atoms with Gasteiger partial charge in [-0.1, -0.05) is 93.3 Å². The lowest BCUT2D eigenvalue weighted by Gasteiger charge is -2.34. The number of aromatic nitrogens is 1. The molecule has 0 saturated heterocycles. The van der Waals surface area contributed by atoms with Gasteiger partial charge in [0.05, 0.1) is 11.0 Å². The maximum atomic E-state index is 6.75. The first-order valence-corrected chi connectivity index (χ1v) is 14.1. The number of para-hydroxylation sites is 1. The van der Waals surface area contributed by atoms with E-state index in [1.165, 1.54) is 38.6 Å². The van der Waals surface area contributed by atoms with Gasteiger partial charge in [-0.3, -0.25) is 4.57 Å². The van der Waals surface area contributed by atoms with E-state index < -0.39 is 0 Å². The second kappa shape index (κ2) is 9.93. The van der Waals surface area contributed by atoms with Gasteiger partial charge in [-0.15, -0.1) is 0 Å². The van der Waals surface area contributed by atoms with Crippen LogP contribution < -0.4 is 5.73 Å². The fourth-order valence-corrected chi connectivity index (χ4v) is 6.39. The molecule has 6 rings (SSSR count). The SMILES string of the molecule is C=C1CCC=C/C1=C/C=C(\N)n1c2ccccc2c2cc(C3C=CC(C)=C(C4=CC=CCC4(C)C)C3)ccc21. The van der Waals surface area contributed by atoms with Gasteiger partial charge in [-0.2, -0.15) is 0 Å². The third kappa shape index (κ3) is 4.59. The van der Waals surface area contributed by atoms with E-state index in [9.17, 15) is 0 Å². The van der Waals surface area contributed by atoms with Gasteiger partial charge in [0.15, 0.2) is 0 Å². The molecule has 1 atom stereocenters. The maximum Gasteiger partial charge on any atom is 0.108 e. The Labute approximate surface area is 232 Å². The second-order valence-electron chi connectivity index (χ2n) is 11.8. The Balaban J connectivity index is 1.40. The van der Waals surface area contributed by atoms with E-state index in [1.807, 2.05) is 6.08 Å². The van der Waals surface area contributed by atoms with Crippen molar-refractivity contribution >= 4 is 27.6 Å². The summed E-state index contributed by atoms with van der Waals surface area (Å²) < 4.78 is 2.19. The van der Waals surface area contributed by atoms with Gasteiger partial charge < -0.3 is 5.73 Å². The van der Waals surface area contributed by atoms with Crippen LogP contribution in [0.15, 0.2) is 132 Å². The minimum atomic E-state index is 0.164. The van der Waals surface area contributed by atoms with E-state index >= 15 is 0 Å². The number of benzene rings is 2. The first kappa shape index (κ1) is 25.2. The third-order valence-corrected chi connectivity index (χ3v) is 8.70. The molecule has 39 heavy (non-hydrogen) atoms. The Morgan fingerprint density at radius 1 is 1.05 bits per heavy atom. The zero-order valence-corrected chi connectivity index (χ0v) is 23.4. The van der Waals surface area contributed by atoms with Crippen LogP contribution in [0.2, 0.25) is 0 Å². The van der Waals surface area contributed by atoms with Crippen molar-refractivity contribution in [3.8, 4) is 0 Å². The fourth-order valence-electron chi connectivity index (χ4n) is 6.39. The molecular weight excluding hydrogens is 472 g/mol. The summed E-state index contributed by atoms with van der Waals surface area (Å²) >= 11 is 0. The average Bonchev–Trinajstić information content (AvgIpc) is 3.27. The molecule has 1 aromatic heterocycles. The lowest BCUT2D eigenvalue weighted by Crippen LogP contribution is -2.20. The molecule has 2 N–H and O–H groups in total. The number of allylic oxidation sites excluding steroid dienone is 14. The van der Waals surface area contributed by atoms with Crippen LogP contribution in [0, 0.1) is 5.41 Å². The minimum Gasteiger partial charge on any atom is -0.385 e. The van der Waals surface area contributed by atoms with Crippen molar-refractivity contribution in [1.29, 1.82) is 0 Å². The molecule has 2 aromatic carbocycles. The van der Waals surface area contributed by atoms with Gasteiger partial charge >= 0.3 is 0 Å². The highest BCUT2D eigenvalue weighted by atomic mass is 15.1. The van der Waals surface area contributed by atoms with E-state index in [0.717, 1.165) is 42.3 Å². The second-order valence-corrected chi connectivity index (χ2v) is 11.8. The highest BCUT2D eigenvalue weighted by Gasteiger charge is 2.29. The zero-order valence-electron chi connectivity index (χ0n) is 23.4. The van der Waals surface area contributed by atoms with Crippen LogP contribution in [-0.4, -0.2) is 4.57 Å². The summed E-state index contributed by atoms with van der Waals surface area (Å²) in [6.07, 6.45) is 24.2. The van der Waals surface area contributed by atoms with Crippen LogP contribution in [0.1, 0.15) is 57.9 Å². The van der Waals surface area contributed by atoms with Crippen molar-refractivity contribution in [2.75, 3.05) is 0 Å². The minimum absolute atomic E-state index is 0.164. The van der Waals surface area contributed by atoms with Crippen LogP contribution in [-0.2, 0) is 0 Å². The summed E-state index contributed by atoms with van der Waals surface area (Å²) in [5.41, 5.74) is 17.2. The van der Waals surface area contributed by atoms with E-state index in [2.05, 4.69) is 123 Å². The van der Waals surface area contributed by atoms with Crippen LogP contribution in [0.4, 0.5) is 0 Å². The lowest BCUT2D eigenvalue weighted by atomic mass is 9.70. The number of nitrogens with two attached hydrogens (primary N) is 1. The van der Waals surface area contributed by atoms with Crippen molar-refractivity contribution in [2.45, 2.75) is 52.4 Å². The molecule has 3 aliphatic rings. The molecule has 3 aromatic rings. The molecule has 1 heterocycles. The molecule has 0 amide bonds. The monoisotopic (exact) mass is 510 g/mol. The topological polar surface area (TPSA) is 30.9 Å². The molecule has 196 valence electrons. The van der Waals surface area contributed by atoms with Crippen LogP contribution in [0.25, 0.3) is 27.6 Å². The summed E-state index contributed by atoms with van der Waals surface area (Å²) in [7, 11) is 0. The number of rotatable bonds is 4. The Morgan fingerprint density at radius 2 is 1.87 bits per heavy atom. The van der Waals surface area contributed by atoms with Gasteiger partial charge in [0.1, 0.15) is 5.82 Å². The van der Waals surface area contributed by atoms with E-state index in [1.54, 1.807) is 0 Å². The highest BCUT2D eigenvalue weighted by Crippen LogP contribution is 2.45. The summed E-state index contributed by atoms with van der Waals surface area (Å²) in [5, 5.41) is 2.48. The molecule has 0 spiro atoms. The quantitative estimate of drug-likeness (QED) is 0.372. The molecule has 2 heteroatoms. The van der Waals surface area contributed by atoms with Gasteiger partial charge in [-0.05, 0) is 95.7 Å². The van der Waals surface area contributed by atoms with Crippen LogP contribution in [0.3, 0.4) is 0 Å². The van der Waals surface area contributed by atoms with Gasteiger partial charge in [0.2, 0.25) is 0 Å². The molecule has 0 bridgehead atoms. The Kier molecular flexibility index (Phi) is 6.43. The number of hydrogen-bond donors (Lipinski definition) is 1. The average molecular weight is 511 g/mol.